The van der Waals surface area contributed by atoms with E-state index >= 15 is 4.39 Å². The van der Waals surface area contributed by atoms with Crippen molar-refractivity contribution in [1.29, 1.82) is 5.26 Å². The minimum atomic E-state index is -0.759. The lowest BCUT2D eigenvalue weighted by Gasteiger charge is -2.58. The van der Waals surface area contributed by atoms with Crippen molar-refractivity contribution < 1.29 is 23.5 Å². The van der Waals surface area contributed by atoms with Crippen LogP contribution in [-0.2, 0) is 9.53 Å². The highest BCUT2D eigenvalue weighted by molar-refractivity contribution is 6.32. The largest absolute Gasteiger partial charge is 0.490 e. The molecule has 194 valence electrons. The van der Waals surface area contributed by atoms with Crippen molar-refractivity contribution in [2.45, 2.75) is 77.4 Å². The van der Waals surface area contributed by atoms with Crippen LogP contribution in [0, 0.1) is 46.2 Å². The predicted octanol–water partition coefficient (Wildman–Crippen LogP) is 5.77. The van der Waals surface area contributed by atoms with E-state index in [4.69, 9.17) is 21.1 Å². The monoisotopic (exact) mass is 516 g/mol. The van der Waals surface area contributed by atoms with Gasteiger partial charge in [0, 0.05) is 12.6 Å². The molecule has 36 heavy (non-hydrogen) atoms. The van der Waals surface area contributed by atoms with Crippen molar-refractivity contribution >= 4 is 23.5 Å². The van der Waals surface area contributed by atoms with Crippen molar-refractivity contribution in [3.8, 4) is 11.8 Å². The molecule has 1 amide bonds. The third-order valence-corrected chi connectivity index (χ3v) is 9.01. The van der Waals surface area contributed by atoms with Gasteiger partial charge in [-0.2, -0.15) is 5.26 Å². The first-order valence-corrected chi connectivity index (χ1v) is 13.5. The maximum absolute atomic E-state index is 15.2. The molecular weight excluding hydrogens is 483 g/mol. The van der Waals surface area contributed by atoms with Crippen LogP contribution in [0.3, 0.4) is 0 Å². The molecule has 1 aliphatic heterocycles. The lowest BCUT2D eigenvalue weighted by molar-refractivity contribution is -0.159. The van der Waals surface area contributed by atoms with Crippen LogP contribution in [-0.4, -0.2) is 41.6 Å². The Bertz CT molecular complexity index is 1080. The van der Waals surface area contributed by atoms with Crippen LogP contribution in [0.4, 0.5) is 4.39 Å². The normalized spacial score (nSPS) is 32.9. The Morgan fingerprint density at radius 1 is 1.17 bits per heavy atom. The molecule has 1 heterocycles. The molecule has 4 bridgehead atoms. The summed E-state index contributed by atoms with van der Waals surface area (Å²) in [5, 5.41) is 10.3. The van der Waals surface area contributed by atoms with Crippen molar-refractivity contribution in [2.24, 2.45) is 29.1 Å². The maximum Gasteiger partial charge on any atom is 0.329 e. The number of benzene rings is 1. The number of nitrogens with zero attached hydrogens (tertiary/aromatic N) is 2. The van der Waals surface area contributed by atoms with Crippen molar-refractivity contribution in [3.63, 3.8) is 0 Å². The molecule has 1 unspecified atom stereocenters. The number of carbonyl (C=O) groups excluding carboxylic acids is 2. The summed E-state index contributed by atoms with van der Waals surface area (Å²) >= 11 is 6.46. The van der Waals surface area contributed by atoms with Crippen LogP contribution in [0.1, 0.15) is 76.1 Å². The fourth-order valence-electron chi connectivity index (χ4n) is 7.26. The van der Waals surface area contributed by atoms with Gasteiger partial charge in [0.05, 0.1) is 22.1 Å². The van der Waals surface area contributed by atoms with Crippen molar-refractivity contribution in [1.82, 2.24) is 4.90 Å². The van der Waals surface area contributed by atoms with Crippen LogP contribution in [0.5, 0.6) is 5.75 Å². The van der Waals surface area contributed by atoms with Gasteiger partial charge < -0.3 is 14.4 Å². The zero-order chi connectivity index (χ0) is 25.8. The van der Waals surface area contributed by atoms with Gasteiger partial charge in [-0.1, -0.05) is 11.6 Å². The second-order valence-electron chi connectivity index (χ2n) is 12.2. The first kappa shape index (κ1) is 25.3. The number of esters is 1. The summed E-state index contributed by atoms with van der Waals surface area (Å²) in [4.78, 5) is 27.2. The number of likely N-dealkylation sites (tertiary alicyclic amines) is 1. The quantitative estimate of drug-likeness (QED) is 0.464. The predicted molar refractivity (Wildman–Crippen MR) is 132 cm³/mol. The zero-order valence-electron chi connectivity index (χ0n) is 21.2. The van der Waals surface area contributed by atoms with Gasteiger partial charge in [-0.3, -0.25) is 4.79 Å². The van der Waals surface area contributed by atoms with E-state index in [9.17, 15) is 14.9 Å². The highest BCUT2D eigenvalue weighted by Gasteiger charge is 2.58. The highest BCUT2D eigenvalue weighted by atomic mass is 35.5. The van der Waals surface area contributed by atoms with E-state index in [1.54, 1.807) is 20.8 Å². The standard InChI is InChI=1S/C28H34ClFN2O4/c1-27(2,3)36-26(34)23-5-4-6-32(23)25(33)20-12-21(29)24(13-22(20)30)35-15-28(14-31)18-8-16-7-17(10-18)11-19(28)9-16/h12-13,16-19,23H,4-11,15H2,1-3H3. The Hall–Kier alpha value is -2.33. The van der Waals surface area contributed by atoms with Gasteiger partial charge in [0.2, 0.25) is 0 Å². The number of halogens is 2. The molecule has 1 atom stereocenters. The van der Waals surface area contributed by atoms with Crippen LogP contribution in [0.25, 0.3) is 0 Å². The number of nitriles is 1. The average molecular weight is 517 g/mol. The molecule has 5 fully saturated rings. The first-order valence-electron chi connectivity index (χ1n) is 13.1. The molecule has 6 nitrogen and oxygen atoms in total. The molecule has 5 aliphatic rings. The lowest BCUT2D eigenvalue weighted by Crippen LogP contribution is -2.54. The Morgan fingerprint density at radius 3 is 2.39 bits per heavy atom. The van der Waals surface area contributed by atoms with E-state index in [0.29, 0.717) is 31.2 Å². The summed E-state index contributed by atoms with van der Waals surface area (Å²) in [6.07, 6.45) is 6.64. The minimum Gasteiger partial charge on any atom is -0.490 e. The summed E-state index contributed by atoms with van der Waals surface area (Å²) in [6.45, 7) is 5.82. The minimum absolute atomic E-state index is 0.115. The van der Waals surface area contributed by atoms with Gasteiger partial charge in [0.25, 0.3) is 5.91 Å². The second-order valence-corrected chi connectivity index (χ2v) is 12.6. The Kier molecular flexibility index (Phi) is 6.47. The third kappa shape index (κ3) is 4.47. The van der Waals surface area contributed by atoms with Crippen LogP contribution in [0.15, 0.2) is 12.1 Å². The van der Waals surface area contributed by atoms with E-state index in [1.807, 2.05) is 0 Å². The number of carbonyl (C=O) groups is 2. The molecule has 1 aromatic carbocycles. The SMILES string of the molecule is CC(C)(C)OC(=O)C1CCCN1C(=O)c1cc(Cl)c(OCC2(C#N)C3CC4CC(C3)CC2C4)cc1F. The van der Waals surface area contributed by atoms with E-state index in [-0.39, 0.29) is 22.9 Å². The van der Waals surface area contributed by atoms with Crippen LogP contribution < -0.4 is 4.74 Å². The Balaban J connectivity index is 1.31. The Labute approximate surface area is 217 Å². The fraction of sp³-hybridized carbons (Fsp3) is 0.679. The molecule has 4 aliphatic carbocycles. The topological polar surface area (TPSA) is 79.6 Å². The molecule has 1 saturated heterocycles. The van der Waals surface area contributed by atoms with E-state index in [1.165, 1.54) is 17.4 Å². The highest BCUT2D eigenvalue weighted by Crippen LogP contribution is 2.62. The van der Waals surface area contributed by atoms with Crippen molar-refractivity contribution in [3.05, 3.63) is 28.5 Å². The summed E-state index contributed by atoms with van der Waals surface area (Å²) in [7, 11) is 0. The smallest absolute Gasteiger partial charge is 0.329 e. The van der Waals surface area contributed by atoms with E-state index < -0.39 is 34.8 Å². The molecule has 8 heteroatoms. The molecule has 1 aromatic rings. The average Bonchev–Trinajstić information content (AvgIpc) is 3.29. The summed E-state index contributed by atoms with van der Waals surface area (Å²) in [6, 6.07) is 4.25. The molecular formula is C28H34ClFN2O4. The number of ether oxygens (including phenoxy) is 2. The second kappa shape index (κ2) is 9.20. The number of hydrogen-bond acceptors (Lipinski definition) is 5. The zero-order valence-corrected chi connectivity index (χ0v) is 21.9. The van der Waals surface area contributed by atoms with Gasteiger partial charge in [0.1, 0.15) is 29.8 Å². The molecule has 0 N–H and O–H groups in total. The van der Waals surface area contributed by atoms with Crippen molar-refractivity contribution in [2.75, 3.05) is 13.2 Å². The van der Waals surface area contributed by atoms with E-state index in [2.05, 4.69) is 6.07 Å². The summed E-state index contributed by atoms with van der Waals surface area (Å²) in [5.41, 5.74) is -1.45. The van der Waals surface area contributed by atoms with Gasteiger partial charge in [-0.15, -0.1) is 0 Å². The summed E-state index contributed by atoms with van der Waals surface area (Å²) in [5.74, 6) is 0.350. The summed E-state index contributed by atoms with van der Waals surface area (Å²) < 4.78 is 26.7. The van der Waals surface area contributed by atoms with Crippen LogP contribution >= 0.6 is 11.6 Å². The first-order chi connectivity index (χ1) is 17.0. The Morgan fingerprint density at radius 2 is 1.81 bits per heavy atom. The molecule has 0 aromatic heterocycles. The number of rotatable bonds is 5. The molecule has 4 saturated carbocycles. The maximum atomic E-state index is 15.2. The molecule has 6 rings (SSSR count). The number of hydrogen-bond donors (Lipinski definition) is 0. The van der Waals surface area contributed by atoms with Gasteiger partial charge in [0.15, 0.2) is 0 Å². The third-order valence-electron chi connectivity index (χ3n) is 8.71. The molecule has 0 spiro atoms. The van der Waals surface area contributed by atoms with E-state index in [0.717, 1.165) is 43.6 Å². The fourth-order valence-corrected chi connectivity index (χ4v) is 7.47. The van der Waals surface area contributed by atoms with Gasteiger partial charge in [-0.25, -0.2) is 9.18 Å². The number of amides is 1. The molecule has 0 radical (unpaired) electrons. The van der Waals surface area contributed by atoms with Gasteiger partial charge >= 0.3 is 5.97 Å². The van der Waals surface area contributed by atoms with Crippen LogP contribution in [0.2, 0.25) is 5.02 Å². The van der Waals surface area contributed by atoms with Gasteiger partial charge in [-0.05, 0) is 95.5 Å². The lowest BCUT2D eigenvalue weighted by atomic mass is 9.46.